The second kappa shape index (κ2) is 16.5. The maximum atomic E-state index is 12.3. The number of rotatable bonds is 18. The Kier molecular flexibility index (Phi) is 13.0. The van der Waals surface area contributed by atoms with Gasteiger partial charge in [-0.3, -0.25) is 4.79 Å². The smallest absolute Gasteiger partial charge is 0.309 e. The number of ether oxygens (including phenoxy) is 1. The van der Waals surface area contributed by atoms with Gasteiger partial charge in [-0.2, -0.15) is 0 Å². The summed E-state index contributed by atoms with van der Waals surface area (Å²) in [5.41, 5.74) is 3.53. The summed E-state index contributed by atoms with van der Waals surface area (Å²) >= 11 is 0. The van der Waals surface area contributed by atoms with Gasteiger partial charge in [-0.1, -0.05) is 102 Å². The van der Waals surface area contributed by atoms with Crippen LogP contribution in [0.2, 0.25) is 0 Å². The molecule has 0 aliphatic carbocycles. The second-order valence-electron chi connectivity index (χ2n) is 10.7. The number of hydrogen-bond donors (Lipinski definition) is 0. The Morgan fingerprint density at radius 2 is 1.33 bits per heavy atom. The molecule has 1 saturated heterocycles. The molecule has 0 N–H and O–H groups in total. The van der Waals surface area contributed by atoms with Crippen molar-refractivity contribution in [1.82, 2.24) is 9.97 Å². The number of benzene rings is 1. The van der Waals surface area contributed by atoms with Crippen molar-refractivity contribution in [3.8, 4) is 11.4 Å². The Morgan fingerprint density at radius 3 is 2.00 bits per heavy atom. The topological polar surface area (TPSA) is 52.1 Å². The molecule has 198 valence electrons. The minimum atomic E-state index is 0.00701. The van der Waals surface area contributed by atoms with Gasteiger partial charge in [-0.25, -0.2) is 9.97 Å². The van der Waals surface area contributed by atoms with Crippen molar-refractivity contribution < 1.29 is 9.53 Å². The number of aromatic nitrogens is 2. The van der Waals surface area contributed by atoms with Crippen molar-refractivity contribution in [2.24, 2.45) is 5.92 Å². The van der Waals surface area contributed by atoms with E-state index in [2.05, 4.69) is 48.1 Å². The first kappa shape index (κ1) is 28.3. The predicted octanol–water partition coefficient (Wildman–Crippen LogP) is 8.66. The Balaban J connectivity index is 1.35. The number of unbranched alkanes of at least 4 members (excludes halogenated alkanes) is 10. The van der Waals surface area contributed by atoms with E-state index in [1.165, 1.54) is 88.2 Å². The lowest BCUT2D eigenvalue weighted by atomic mass is 9.94. The van der Waals surface area contributed by atoms with Crippen LogP contribution in [0.15, 0.2) is 36.7 Å². The number of hydrogen-bond acceptors (Lipinski definition) is 4. The normalized spacial score (nSPS) is 17.4. The van der Waals surface area contributed by atoms with Gasteiger partial charge in [0.2, 0.25) is 0 Å². The lowest BCUT2D eigenvalue weighted by Gasteiger charge is -2.08. The minimum Gasteiger partial charge on any atom is -0.462 e. The SMILES string of the molecule is CCCCCCCCCCc1cnc(-c2ccc(CCC3CC(CCCCCC)OC3=O)cc2)nc1. The summed E-state index contributed by atoms with van der Waals surface area (Å²) in [5, 5.41) is 0. The third-order valence-corrected chi connectivity index (χ3v) is 7.56. The summed E-state index contributed by atoms with van der Waals surface area (Å²) in [5.74, 6) is 0.844. The first-order chi connectivity index (χ1) is 17.7. The monoisotopic (exact) mass is 492 g/mol. The lowest BCUT2D eigenvalue weighted by Crippen LogP contribution is -2.08. The van der Waals surface area contributed by atoms with Crippen LogP contribution in [-0.4, -0.2) is 22.0 Å². The van der Waals surface area contributed by atoms with Gasteiger partial charge in [0, 0.05) is 18.0 Å². The fraction of sp³-hybridized carbons (Fsp3) is 0.656. The maximum absolute atomic E-state index is 12.3. The van der Waals surface area contributed by atoms with E-state index in [4.69, 9.17) is 4.74 Å². The van der Waals surface area contributed by atoms with Gasteiger partial charge in [0.15, 0.2) is 5.82 Å². The van der Waals surface area contributed by atoms with Crippen LogP contribution >= 0.6 is 0 Å². The maximum Gasteiger partial charge on any atom is 0.309 e. The van der Waals surface area contributed by atoms with Gasteiger partial charge in [0.1, 0.15) is 6.10 Å². The van der Waals surface area contributed by atoms with E-state index >= 15 is 0 Å². The Morgan fingerprint density at radius 1 is 0.722 bits per heavy atom. The molecule has 1 fully saturated rings. The number of esters is 1. The molecule has 4 nitrogen and oxygen atoms in total. The van der Waals surface area contributed by atoms with Gasteiger partial charge in [-0.05, 0) is 56.1 Å². The Labute approximate surface area is 219 Å². The van der Waals surface area contributed by atoms with E-state index in [0.717, 1.165) is 43.5 Å². The molecule has 0 amide bonds. The highest BCUT2D eigenvalue weighted by Gasteiger charge is 2.33. The van der Waals surface area contributed by atoms with Crippen LogP contribution in [0.5, 0.6) is 0 Å². The fourth-order valence-electron chi connectivity index (χ4n) is 5.19. The van der Waals surface area contributed by atoms with Crippen molar-refractivity contribution >= 4 is 5.97 Å². The summed E-state index contributed by atoms with van der Waals surface area (Å²) in [6.07, 6.45) is 24.5. The number of carbonyl (C=O) groups is 1. The molecule has 1 aromatic carbocycles. The standard InChI is InChI=1S/C32H48N2O2/c1-3-5-7-9-10-11-12-13-15-27-24-33-31(34-25-27)28-20-17-26(18-21-28)19-22-29-23-30(36-32(29)35)16-14-8-6-4-2/h17-18,20-21,24-25,29-30H,3-16,19,22-23H2,1-2H3. The summed E-state index contributed by atoms with van der Waals surface area (Å²) in [7, 11) is 0. The van der Waals surface area contributed by atoms with E-state index in [9.17, 15) is 4.79 Å². The predicted molar refractivity (Wildman–Crippen MR) is 149 cm³/mol. The first-order valence-electron chi connectivity index (χ1n) is 14.8. The summed E-state index contributed by atoms with van der Waals surface area (Å²) in [4.78, 5) is 21.5. The molecule has 2 heterocycles. The molecule has 3 rings (SSSR count). The summed E-state index contributed by atoms with van der Waals surface area (Å²) < 4.78 is 5.63. The Bertz CT molecular complexity index is 863. The zero-order valence-electron chi connectivity index (χ0n) is 22.9. The van der Waals surface area contributed by atoms with E-state index < -0.39 is 0 Å². The molecule has 0 radical (unpaired) electrons. The third-order valence-electron chi connectivity index (χ3n) is 7.56. The third kappa shape index (κ3) is 10.0. The van der Waals surface area contributed by atoms with Crippen LogP contribution in [0.1, 0.15) is 121 Å². The molecular formula is C32H48N2O2. The number of nitrogens with zero attached hydrogens (tertiary/aromatic N) is 2. The molecule has 1 aromatic heterocycles. The van der Waals surface area contributed by atoms with Gasteiger partial charge in [0.05, 0.1) is 5.92 Å². The van der Waals surface area contributed by atoms with Crippen LogP contribution in [0.25, 0.3) is 11.4 Å². The van der Waals surface area contributed by atoms with Crippen LogP contribution in [-0.2, 0) is 22.4 Å². The molecule has 1 aliphatic rings. The number of cyclic esters (lactones) is 1. The van der Waals surface area contributed by atoms with Crippen LogP contribution in [0.4, 0.5) is 0 Å². The van der Waals surface area contributed by atoms with E-state index in [1.54, 1.807) is 0 Å². The van der Waals surface area contributed by atoms with Crippen LogP contribution < -0.4 is 0 Å². The van der Waals surface area contributed by atoms with Crippen molar-refractivity contribution in [2.45, 2.75) is 129 Å². The molecule has 1 aliphatic heterocycles. The average Bonchev–Trinajstić information content (AvgIpc) is 3.26. The largest absolute Gasteiger partial charge is 0.462 e. The van der Waals surface area contributed by atoms with Crippen molar-refractivity contribution in [2.75, 3.05) is 0 Å². The molecule has 4 heteroatoms. The molecule has 36 heavy (non-hydrogen) atoms. The molecule has 2 unspecified atom stereocenters. The van der Waals surface area contributed by atoms with Gasteiger partial charge < -0.3 is 4.74 Å². The van der Waals surface area contributed by atoms with Crippen molar-refractivity contribution in [3.05, 3.63) is 47.8 Å². The highest BCUT2D eigenvalue weighted by atomic mass is 16.5. The second-order valence-corrected chi connectivity index (χ2v) is 10.7. The molecule has 2 atom stereocenters. The number of carbonyl (C=O) groups excluding carboxylic acids is 1. The van der Waals surface area contributed by atoms with Crippen LogP contribution in [0.3, 0.4) is 0 Å². The zero-order chi connectivity index (χ0) is 25.4. The van der Waals surface area contributed by atoms with E-state index in [-0.39, 0.29) is 18.0 Å². The van der Waals surface area contributed by atoms with Gasteiger partial charge in [-0.15, -0.1) is 0 Å². The highest BCUT2D eigenvalue weighted by molar-refractivity contribution is 5.74. The fourth-order valence-corrected chi connectivity index (χ4v) is 5.19. The number of aryl methyl sites for hydroxylation is 2. The molecule has 2 aromatic rings. The molecule has 0 bridgehead atoms. The average molecular weight is 493 g/mol. The van der Waals surface area contributed by atoms with Gasteiger partial charge >= 0.3 is 5.97 Å². The minimum absolute atomic E-state index is 0.00701. The summed E-state index contributed by atoms with van der Waals surface area (Å²) in [6, 6.07) is 8.50. The Hall–Kier alpha value is -2.23. The first-order valence-corrected chi connectivity index (χ1v) is 14.8. The van der Waals surface area contributed by atoms with Crippen molar-refractivity contribution in [1.29, 1.82) is 0 Å². The van der Waals surface area contributed by atoms with Crippen molar-refractivity contribution in [3.63, 3.8) is 0 Å². The highest BCUT2D eigenvalue weighted by Crippen LogP contribution is 2.29. The van der Waals surface area contributed by atoms with Gasteiger partial charge in [0.25, 0.3) is 0 Å². The zero-order valence-corrected chi connectivity index (χ0v) is 22.9. The van der Waals surface area contributed by atoms with Crippen LogP contribution in [0, 0.1) is 5.92 Å². The van der Waals surface area contributed by atoms with E-state index in [1.807, 2.05) is 12.4 Å². The molecular weight excluding hydrogens is 444 g/mol. The quantitative estimate of drug-likeness (QED) is 0.154. The molecule has 0 saturated carbocycles. The van der Waals surface area contributed by atoms with E-state index in [0.29, 0.717) is 0 Å². The lowest BCUT2D eigenvalue weighted by molar-refractivity contribution is -0.144. The molecule has 0 spiro atoms. The summed E-state index contributed by atoms with van der Waals surface area (Å²) in [6.45, 7) is 4.49.